The van der Waals surface area contributed by atoms with Crippen molar-refractivity contribution in [2.45, 2.75) is 111 Å². The molecular formula is C51H58N4O7. The second kappa shape index (κ2) is 19.9. The lowest BCUT2D eigenvalue weighted by Gasteiger charge is -2.20. The van der Waals surface area contributed by atoms with E-state index >= 15 is 0 Å². The number of nitrogens with zero attached hydrogens (tertiary/aromatic N) is 2. The molecule has 6 rings (SSSR count). The van der Waals surface area contributed by atoms with Crippen LogP contribution in [0.4, 0.5) is 0 Å². The second-order valence-corrected chi connectivity index (χ2v) is 17.5. The summed E-state index contributed by atoms with van der Waals surface area (Å²) in [6.07, 6.45) is 7.57. The van der Waals surface area contributed by atoms with Gasteiger partial charge in [-0.2, -0.15) is 0 Å². The molecular weight excluding hydrogens is 781 g/mol. The van der Waals surface area contributed by atoms with E-state index in [1.807, 2.05) is 109 Å². The van der Waals surface area contributed by atoms with Gasteiger partial charge in [0.05, 0.1) is 23.1 Å². The van der Waals surface area contributed by atoms with Crippen LogP contribution in [0.3, 0.4) is 0 Å². The Morgan fingerprint density at radius 3 is 2.08 bits per heavy atom. The van der Waals surface area contributed by atoms with Crippen molar-refractivity contribution in [2.75, 3.05) is 6.61 Å². The van der Waals surface area contributed by atoms with Gasteiger partial charge in [0.15, 0.2) is 6.61 Å². The molecule has 4 aromatic carbocycles. The van der Waals surface area contributed by atoms with E-state index < -0.39 is 29.2 Å². The third-order valence-electron chi connectivity index (χ3n) is 9.97. The number of ether oxygens (including phenoxy) is 3. The Morgan fingerprint density at radius 1 is 0.806 bits per heavy atom. The van der Waals surface area contributed by atoms with E-state index in [1.54, 1.807) is 24.3 Å². The van der Waals surface area contributed by atoms with Gasteiger partial charge in [0.1, 0.15) is 22.8 Å². The number of benzene rings is 4. The average molecular weight is 839 g/mol. The number of H-pyrrole nitrogens is 1. The predicted molar refractivity (Wildman–Crippen MR) is 243 cm³/mol. The Morgan fingerprint density at radius 2 is 1.44 bits per heavy atom. The summed E-state index contributed by atoms with van der Waals surface area (Å²) in [5.74, 6) is 0.0956. The van der Waals surface area contributed by atoms with Crippen LogP contribution in [0.5, 0.6) is 5.75 Å². The maximum Gasteiger partial charge on any atom is 0.351 e. The van der Waals surface area contributed by atoms with Gasteiger partial charge in [-0.3, -0.25) is 4.79 Å². The fraction of sp³-hybridized carbons (Fsp3) is 0.353. The second-order valence-electron chi connectivity index (χ2n) is 17.5. The summed E-state index contributed by atoms with van der Waals surface area (Å²) in [4.78, 5) is 51.8. The number of hydrogen-bond acceptors (Lipinski definition) is 9. The summed E-state index contributed by atoms with van der Waals surface area (Å²) in [7, 11) is 0. The number of aryl methyl sites for hydroxylation is 1. The first-order valence-corrected chi connectivity index (χ1v) is 21.3. The number of rotatable bonds is 16. The quantitative estimate of drug-likeness (QED) is 0.0568. The van der Waals surface area contributed by atoms with E-state index in [0.29, 0.717) is 29.4 Å². The van der Waals surface area contributed by atoms with Crippen molar-refractivity contribution in [3.63, 3.8) is 0 Å². The number of carbonyl (C=O) groups excluding carboxylic acids is 3. The summed E-state index contributed by atoms with van der Waals surface area (Å²) in [5.41, 5.74) is 7.56. The highest BCUT2D eigenvalue weighted by Crippen LogP contribution is 2.35. The van der Waals surface area contributed by atoms with Crippen molar-refractivity contribution >= 4 is 29.6 Å². The van der Waals surface area contributed by atoms with Crippen LogP contribution in [0.15, 0.2) is 108 Å². The molecule has 0 saturated carbocycles. The van der Waals surface area contributed by atoms with Crippen molar-refractivity contribution in [1.29, 1.82) is 0 Å². The number of aromatic nitrogens is 2. The molecule has 2 N–H and O–H groups in total. The number of aromatic amines is 1. The zero-order chi connectivity index (χ0) is 44.4. The van der Waals surface area contributed by atoms with Gasteiger partial charge in [0.25, 0.3) is 0 Å². The molecule has 2 atom stereocenters. The molecule has 62 heavy (non-hydrogen) atoms. The first-order chi connectivity index (χ1) is 29.5. The molecule has 11 nitrogen and oxygen atoms in total. The zero-order valence-corrected chi connectivity index (χ0v) is 37.0. The molecule has 324 valence electrons. The first kappa shape index (κ1) is 45.0. The molecule has 5 aromatic rings. The Labute approximate surface area is 364 Å². The van der Waals surface area contributed by atoms with Gasteiger partial charge in [-0.05, 0) is 114 Å². The summed E-state index contributed by atoms with van der Waals surface area (Å²) in [5, 5.41) is 7.26. The number of carbonyl (C=O) groups is 3. The van der Waals surface area contributed by atoms with Gasteiger partial charge in [0.2, 0.25) is 12.0 Å². The lowest BCUT2D eigenvalue weighted by molar-refractivity contribution is -0.167. The maximum absolute atomic E-state index is 12.9. The summed E-state index contributed by atoms with van der Waals surface area (Å²) in [6, 6.07) is 31.4. The molecule has 2 unspecified atom stereocenters. The topological polar surface area (TPSA) is 141 Å². The Balaban J connectivity index is 1.18. The molecule has 11 heteroatoms. The van der Waals surface area contributed by atoms with E-state index in [2.05, 4.69) is 46.6 Å². The summed E-state index contributed by atoms with van der Waals surface area (Å²) in [6.45, 7) is 14.9. The normalized spacial score (nSPS) is 14.5. The third-order valence-corrected chi connectivity index (χ3v) is 9.97. The number of esters is 2. The molecule has 0 saturated heterocycles. The minimum absolute atomic E-state index is 0.129. The van der Waals surface area contributed by atoms with Crippen LogP contribution in [0, 0.1) is 0 Å². The van der Waals surface area contributed by atoms with Crippen LogP contribution in [-0.2, 0) is 35.1 Å². The standard InChI is InChI=1S/C51H58N4O7/c1-9-10-11-12-34-13-18-36(19-14-34)33(2)52-44(56)30-17-35-15-20-38(21-16-35)46-47(39-26-28-41(29-27-39)59-32-45(57)60-50(3,4)5)54-48(53-46)40-24-22-37(23-25-40)42-31-43(62-55-42)49(58)61-51(6,7)8/h13-30,33,43H,9-12,31-32H2,1-8H3,(H,52,56)(H,53,54)/b30-17+. The highest BCUT2D eigenvalue weighted by Gasteiger charge is 2.33. The van der Waals surface area contributed by atoms with E-state index in [1.165, 1.54) is 24.8 Å². The molecule has 2 heterocycles. The van der Waals surface area contributed by atoms with Crippen LogP contribution in [0.2, 0.25) is 0 Å². The minimum Gasteiger partial charge on any atom is -0.482 e. The number of oxime groups is 1. The number of nitrogens with one attached hydrogen (secondary N) is 2. The number of unbranched alkanes of at least 4 members (excludes halogenated alkanes) is 2. The highest BCUT2D eigenvalue weighted by molar-refractivity contribution is 6.03. The molecule has 0 fully saturated rings. The van der Waals surface area contributed by atoms with E-state index in [4.69, 9.17) is 24.0 Å². The summed E-state index contributed by atoms with van der Waals surface area (Å²) < 4.78 is 16.6. The van der Waals surface area contributed by atoms with Gasteiger partial charge in [-0.25, -0.2) is 14.6 Å². The number of hydrogen-bond donors (Lipinski definition) is 2. The monoisotopic (exact) mass is 838 g/mol. The highest BCUT2D eigenvalue weighted by atomic mass is 16.7. The SMILES string of the molecule is CCCCCc1ccc(C(C)NC(=O)/C=C/c2ccc(-c3[nH]c(-c4ccc(C5=NOC(C(=O)OC(C)(C)C)C5)cc4)nc3-c3ccc(OCC(=O)OC(C)(C)C)cc3)cc2)cc1. The van der Waals surface area contributed by atoms with E-state index in [-0.39, 0.29) is 18.6 Å². The van der Waals surface area contributed by atoms with Gasteiger partial charge >= 0.3 is 11.9 Å². The molecule has 1 aliphatic rings. The van der Waals surface area contributed by atoms with Crippen LogP contribution in [0.1, 0.15) is 109 Å². The van der Waals surface area contributed by atoms with Crippen LogP contribution in [-0.4, -0.2) is 57.4 Å². The Hall–Kier alpha value is -6.49. The average Bonchev–Trinajstić information content (AvgIpc) is 3.91. The van der Waals surface area contributed by atoms with Crippen molar-refractivity contribution in [1.82, 2.24) is 15.3 Å². The van der Waals surface area contributed by atoms with E-state index in [0.717, 1.165) is 45.5 Å². The number of imidazole rings is 1. The van der Waals surface area contributed by atoms with Gasteiger partial charge in [-0.1, -0.05) is 97.7 Å². The number of amides is 1. The summed E-state index contributed by atoms with van der Waals surface area (Å²) >= 11 is 0. The van der Waals surface area contributed by atoms with Crippen LogP contribution in [0.25, 0.3) is 40.0 Å². The van der Waals surface area contributed by atoms with Crippen LogP contribution >= 0.6 is 0 Å². The lowest BCUT2D eigenvalue weighted by Crippen LogP contribution is -2.32. The molecule has 0 bridgehead atoms. The van der Waals surface area contributed by atoms with Gasteiger partial charge in [-0.15, -0.1) is 0 Å². The van der Waals surface area contributed by atoms with Crippen molar-refractivity contribution in [2.24, 2.45) is 5.16 Å². The zero-order valence-electron chi connectivity index (χ0n) is 37.0. The largest absolute Gasteiger partial charge is 0.482 e. The minimum atomic E-state index is -0.788. The Kier molecular flexibility index (Phi) is 14.5. The molecule has 0 radical (unpaired) electrons. The molecule has 1 amide bonds. The predicted octanol–water partition coefficient (Wildman–Crippen LogP) is 10.6. The fourth-order valence-electron chi connectivity index (χ4n) is 6.84. The molecule has 0 aliphatic carbocycles. The molecule has 1 aromatic heterocycles. The third kappa shape index (κ3) is 12.8. The molecule has 1 aliphatic heterocycles. The smallest absolute Gasteiger partial charge is 0.351 e. The van der Waals surface area contributed by atoms with Crippen molar-refractivity contribution in [3.05, 3.63) is 125 Å². The van der Waals surface area contributed by atoms with Gasteiger partial charge < -0.3 is 29.3 Å². The van der Waals surface area contributed by atoms with Crippen molar-refractivity contribution in [3.8, 4) is 39.7 Å². The van der Waals surface area contributed by atoms with E-state index in [9.17, 15) is 14.4 Å². The maximum atomic E-state index is 12.9. The lowest BCUT2D eigenvalue weighted by atomic mass is 10.0. The van der Waals surface area contributed by atoms with Crippen LogP contribution < -0.4 is 10.1 Å². The Bertz CT molecular complexity index is 2370. The molecule has 0 spiro atoms. The van der Waals surface area contributed by atoms with Gasteiger partial charge in [0, 0.05) is 29.2 Å². The van der Waals surface area contributed by atoms with Crippen molar-refractivity contribution < 1.29 is 33.4 Å². The first-order valence-electron chi connectivity index (χ1n) is 21.3. The fourth-order valence-corrected chi connectivity index (χ4v) is 6.84.